The number of ether oxygens (including phenoxy) is 8. The number of aliphatic hydroxyl groups excluding tert-OH is 7. The Morgan fingerprint density at radius 3 is 2.28 bits per heavy atom. The summed E-state index contributed by atoms with van der Waals surface area (Å²) in [5.74, 6) is -1.40. The molecule has 0 radical (unpaired) electrons. The Balaban J connectivity index is 1.10. The van der Waals surface area contributed by atoms with Gasteiger partial charge in [0.25, 0.3) is 0 Å². The predicted octanol–water partition coefficient (Wildman–Crippen LogP) is -2.47. The normalized spacial score (nSPS) is 45.6. The molecule has 47 heavy (non-hydrogen) atoms. The average molecular weight is 669 g/mol. The minimum atomic E-state index is -1.69. The van der Waals surface area contributed by atoms with Crippen molar-refractivity contribution in [3.63, 3.8) is 0 Å². The summed E-state index contributed by atoms with van der Waals surface area (Å²) in [6.07, 6.45) is -11.4. The van der Waals surface area contributed by atoms with Crippen LogP contribution in [-0.2, 0) is 38.0 Å². The number of fused-ring (bicyclic) bond motifs is 3. The van der Waals surface area contributed by atoms with Crippen LogP contribution >= 0.6 is 0 Å². The van der Waals surface area contributed by atoms with Crippen LogP contribution < -0.4 is 4.74 Å². The van der Waals surface area contributed by atoms with E-state index in [2.05, 4.69) is 0 Å². The first-order valence-corrected chi connectivity index (χ1v) is 15.3. The zero-order valence-corrected chi connectivity index (χ0v) is 25.5. The SMILES string of the molecule is COc1ccc(/C=C/C(=O)O[C@@H]2[C@@H](O)[C@@H](O)[C@H](O[C@H]3[C@@H]4C=CO[C@@H](O[C@@H]5O[C@H](CO)[C@@H](O)[C@H](O)[C@H]5O)[C@@H]4[C@@]4(CO)O[C@@H]34)O[C@H]2C)cc1. The van der Waals surface area contributed by atoms with Gasteiger partial charge in [0.1, 0.15) is 54.1 Å². The van der Waals surface area contributed by atoms with Crippen molar-refractivity contribution in [3.05, 3.63) is 48.2 Å². The molecule has 4 heterocycles. The number of epoxide rings is 1. The van der Waals surface area contributed by atoms with Crippen molar-refractivity contribution in [2.24, 2.45) is 11.8 Å². The molecule has 1 saturated carbocycles. The summed E-state index contributed by atoms with van der Waals surface area (Å²) in [6.45, 7) is 0.427. The lowest BCUT2D eigenvalue weighted by molar-refractivity contribution is -0.347. The molecule has 0 aromatic heterocycles. The summed E-state index contributed by atoms with van der Waals surface area (Å²) in [7, 11) is 1.54. The second-order valence-electron chi connectivity index (χ2n) is 12.2. The van der Waals surface area contributed by atoms with Gasteiger partial charge in [0, 0.05) is 12.0 Å². The highest BCUT2D eigenvalue weighted by atomic mass is 16.8. The number of benzene rings is 1. The quantitative estimate of drug-likeness (QED) is 0.0777. The van der Waals surface area contributed by atoms with Crippen molar-refractivity contribution >= 4 is 12.0 Å². The minimum absolute atomic E-state index is 0.473. The zero-order chi connectivity index (χ0) is 33.6. The molecule has 0 spiro atoms. The van der Waals surface area contributed by atoms with E-state index in [9.17, 15) is 40.5 Å². The highest BCUT2D eigenvalue weighted by Crippen LogP contribution is 2.61. The number of rotatable bonds is 10. The third-order valence-corrected chi connectivity index (χ3v) is 9.45. The number of esters is 1. The number of carbonyl (C=O) groups excluding carboxylic acids is 1. The second kappa shape index (κ2) is 13.7. The predicted molar refractivity (Wildman–Crippen MR) is 154 cm³/mol. The molecule has 0 amide bonds. The van der Waals surface area contributed by atoms with Gasteiger partial charge >= 0.3 is 5.97 Å². The van der Waals surface area contributed by atoms with E-state index < -0.39 is 117 Å². The average Bonchev–Trinajstić information content (AvgIpc) is 3.75. The largest absolute Gasteiger partial charge is 0.497 e. The van der Waals surface area contributed by atoms with Gasteiger partial charge < -0.3 is 73.6 Å². The maximum absolute atomic E-state index is 12.6. The molecule has 16 atom stereocenters. The van der Waals surface area contributed by atoms with Gasteiger partial charge in [-0.2, -0.15) is 0 Å². The van der Waals surface area contributed by atoms with E-state index in [0.717, 1.165) is 0 Å². The lowest BCUT2D eigenvalue weighted by atomic mass is 9.85. The maximum atomic E-state index is 12.6. The Morgan fingerprint density at radius 2 is 1.60 bits per heavy atom. The Hall–Kier alpha value is -2.71. The van der Waals surface area contributed by atoms with Gasteiger partial charge in [-0.1, -0.05) is 12.1 Å². The van der Waals surface area contributed by atoms with Crippen LogP contribution in [0.25, 0.3) is 6.08 Å². The molecule has 7 N–H and O–H groups in total. The fraction of sp³-hybridized carbons (Fsp3) is 0.645. The second-order valence-corrected chi connectivity index (χ2v) is 12.2. The lowest BCUT2D eigenvalue weighted by Gasteiger charge is -2.44. The van der Waals surface area contributed by atoms with Crippen molar-refractivity contribution in [2.45, 2.75) is 92.4 Å². The molecule has 1 aliphatic carbocycles. The molecular weight excluding hydrogens is 628 g/mol. The highest BCUT2D eigenvalue weighted by Gasteiger charge is 2.77. The van der Waals surface area contributed by atoms with Crippen LogP contribution in [0, 0.1) is 11.8 Å². The molecule has 0 unspecified atom stereocenters. The fourth-order valence-electron chi connectivity index (χ4n) is 6.80. The molecule has 1 aromatic carbocycles. The van der Waals surface area contributed by atoms with Crippen LogP contribution in [-0.4, -0.2) is 148 Å². The van der Waals surface area contributed by atoms with Gasteiger partial charge in [-0.3, -0.25) is 0 Å². The van der Waals surface area contributed by atoms with Gasteiger partial charge in [0.15, 0.2) is 18.7 Å². The van der Waals surface area contributed by atoms with E-state index >= 15 is 0 Å². The first-order valence-electron chi connectivity index (χ1n) is 15.3. The minimum Gasteiger partial charge on any atom is -0.497 e. The Morgan fingerprint density at radius 1 is 0.894 bits per heavy atom. The third kappa shape index (κ3) is 6.29. The number of carbonyl (C=O) groups is 1. The van der Waals surface area contributed by atoms with Crippen molar-refractivity contribution in [1.29, 1.82) is 0 Å². The molecule has 16 nitrogen and oxygen atoms in total. The maximum Gasteiger partial charge on any atom is 0.331 e. The van der Waals surface area contributed by atoms with Crippen molar-refractivity contribution in [1.82, 2.24) is 0 Å². The van der Waals surface area contributed by atoms with Crippen LogP contribution in [0.5, 0.6) is 5.75 Å². The number of aliphatic hydroxyl groups is 7. The van der Waals surface area contributed by atoms with Gasteiger partial charge in [0.05, 0.1) is 44.7 Å². The van der Waals surface area contributed by atoms with E-state index in [1.54, 1.807) is 44.4 Å². The van der Waals surface area contributed by atoms with E-state index in [1.165, 1.54) is 18.4 Å². The van der Waals surface area contributed by atoms with E-state index in [-0.39, 0.29) is 0 Å². The molecule has 0 bridgehead atoms. The molecule has 3 saturated heterocycles. The highest BCUT2D eigenvalue weighted by molar-refractivity contribution is 5.87. The van der Waals surface area contributed by atoms with Crippen LogP contribution in [0.1, 0.15) is 12.5 Å². The van der Waals surface area contributed by atoms with Gasteiger partial charge in [-0.15, -0.1) is 0 Å². The van der Waals surface area contributed by atoms with Crippen LogP contribution in [0.15, 0.2) is 42.7 Å². The Bertz CT molecular complexity index is 1300. The first-order chi connectivity index (χ1) is 22.5. The molecular formula is C31H40O16. The van der Waals surface area contributed by atoms with Gasteiger partial charge in [-0.25, -0.2) is 4.79 Å². The standard InChI is InChI=1S/C31H40O16/c1-13-25(44-18(34)8-5-14-3-6-15(40-2)7-4-14)22(37)24(39)29(42-13)45-26-16-9-10-41-28(19(16)31(12-33)27(26)47-31)46-30-23(38)21(36)20(35)17(11-32)43-30/h3-10,13,16-17,19-30,32-33,35-39H,11-12H2,1-2H3/b8-5+/t13-,16+,17+,19+,20+,21-,22-,23+,24+,25-,26-,27-,28-,29-,30-,31+/m0/s1. The molecule has 260 valence electrons. The summed E-state index contributed by atoms with van der Waals surface area (Å²) in [6, 6.07) is 6.95. The van der Waals surface area contributed by atoms with E-state index in [4.69, 9.17) is 37.9 Å². The molecule has 5 aliphatic rings. The number of hydrogen-bond donors (Lipinski definition) is 7. The van der Waals surface area contributed by atoms with Gasteiger partial charge in [0.2, 0.25) is 6.29 Å². The first kappa shape index (κ1) is 34.2. The third-order valence-electron chi connectivity index (χ3n) is 9.45. The fourth-order valence-corrected chi connectivity index (χ4v) is 6.80. The molecule has 16 heteroatoms. The Labute approximate surface area is 269 Å². The van der Waals surface area contributed by atoms with Crippen molar-refractivity contribution in [3.8, 4) is 5.75 Å². The lowest BCUT2D eigenvalue weighted by Crippen LogP contribution is -2.60. The van der Waals surface area contributed by atoms with Crippen LogP contribution in [0.4, 0.5) is 0 Å². The summed E-state index contributed by atoms with van der Waals surface area (Å²) >= 11 is 0. The monoisotopic (exact) mass is 668 g/mol. The topological polar surface area (TPSA) is 236 Å². The number of hydrogen-bond acceptors (Lipinski definition) is 16. The molecule has 1 aromatic rings. The summed E-state index contributed by atoms with van der Waals surface area (Å²) in [5, 5.41) is 72.6. The Kier molecular flexibility index (Phi) is 9.93. The van der Waals surface area contributed by atoms with Crippen LogP contribution in [0.3, 0.4) is 0 Å². The van der Waals surface area contributed by atoms with E-state index in [1.807, 2.05) is 0 Å². The smallest absolute Gasteiger partial charge is 0.331 e. The van der Waals surface area contributed by atoms with Gasteiger partial charge in [-0.05, 0) is 36.8 Å². The summed E-state index contributed by atoms with van der Waals surface area (Å²) in [4.78, 5) is 12.6. The van der Waals surface area contributed by atoms with E-state index in [0.29, 0.717) is 11.3 Å². The summed E-state index contributed by atoms with van der Waals surface area (Å²) < 4.78 is 45.5. The van der Waals surface area contributed by atoms with Crippen molar-refractivity contribution < 1.29 is 78.4 Å². The molecule has 4 aliphatic heterocycles. The zero-order valence-electron chi connectivity index (χ0n) is 25.5. The van der Waals surface area contributed by atoms with Crippen LogP contribution in [0.2, 0.25) is 0 Å². The summed E-state index contributed by atoms with van der Waals surface area (Å²) in [5.41, 5.74) is -0.499. The molecule has 4 fully saturated rings. The number of methoxy groups -OCH3 is 1. The molecule has 6 rings (SSSR count). The van der Waals surface area contributed by atoms with Crippen molar-refractivity contribution in [2.75, 3.05) is 20.3 Å².